The number of hydrogen-bond acceptors (Lipinski definition) is 7. The first-order valence-electron chi connectivity index (χ1n) is 7.41. The van der Waals surface area contributed by atoms with E-state index in [1.165, 1.54) is 6.92 Å². The Kier molecular flexibility index (Phi) is 11.7. The molecule has 0 aromatic carbocycles. The van der Waals surface area contributed by atoms with Gasteiger partial charge in [0.15, 0.2) is 0 Å². The minimum Gasteiger partial charge on any atom is -0.478 e. The number of esters is 1. The predicted octanol–water partition coefficient (Wildman–Crippen LogP) is 0.546. The molecule has 0 radical (unpaired) electrons. The Morgan fingerprint density at radius 1 is 1.08 bits per heavy atom. The Hall–Kier alpha value is -1.74. The van der Waals surface area contributed by atoms with Crippen molar-refractivity contribution in [3.63, 3.8) is 0 Å². The van der Waals surface area contributed by atoms with Crippen LogP contribution in [0, 0.1) is 0 Å². The molecule has 0 amide bonds. The highest BCUT2D eigenvalue weighted by molar-refractivity contribution is 5.86. The number of carboxylic acid groups (broad SMARTS) is 1. The average molecular weight is 346 g/mol. The van der Waals surface area contributed by atoms with Crippen LogP contribution < -0.4 is 0 Å². The summed E-state index contributed by atoms with van der Waals surface area (Å²) >= 11 is 0. The molecule has 2 rings (SSSR count). The van der Waals surface area contributed by atoms with E-state index in [9.17, 15) is 9.59 Å². The van der Waals surface area contributed by atoms with Crippen molar-refractivity contribution in [2.45, 2.75) is 26.1 Å². The Labute approximate surface area is 141 Å². The molecule has 2 N–H and O–H groups in total. The van der Waals surface area contributed by atoms with Crippen LogP contribution in [-0.2, 0) is 28.5 Å². The van der Waals surface area contributed by atoms with Gasteiger partial charge in [-0.05, 0) is 13.8 Å². The van der Waals surface area contributed by atoms with E-state index in [0.29, 0.717) is 17.8 Å². The first kappa shape index (κ1) is 22.3. The molecule has 2 atom stereocenters. The highest BCUT2D eigenvalue weighted by Crippen LogP contribution is 2.12. The second kappa shape index (κ2) is 12.7. The van der Waals surface area contributed by atoms with Crippen LogP contribution in [0.2, 0.25) is 0 Å². The highest BCUT2D eigenvalue weighted by atomic mass is 16.6. The zero-order valence-corrected chi connectivity index (χ0v) is 14.2. The quantitative estimate of drug-likeness (QED) is 0.371. The molecule has 2 fully saturated rings. The number of carbonyl (C=O) groups is 2. The van der Waals surface area contributed by atoms with Crippen molar-refractivity contribution in [2.24, 2.45) is 0 Å². The first-order valence-corrected chi connectivity index (χ1v) is 7.41. The van der Waals surface area contributed by atoms with Crippen LogP contribution in [0.5, 0.6) is 0 Å². The third-order valence-electron chi connectivity index (χ3n) is 2.45. The summed E-state index contributed by atoms with van der Waals surface area (Å²) in [5.74, 6) is -1.39. The Morgan fingerprint density at radius 2 is 1.50 bits per heavy atom. The van der Waals surface area contributed by atoms with Crippen LogP contribution >= 0.6 is 0 Å². The van der Waals surface area contributed by atoms with Gasteiger partial charge in [-0.3, -0.25) is 0 Å². The molecular formula is C16H26O8. The molecular weight excluding hydrogens is 320 g/mol. The molecule has 0 aromatic rings. The standard InChI is InChI=1S/2C6H10O3.C4H6O2/c1(5-3-8-5)7-2-6-4-9-6;1-5(2)6(8)9-4-3-7;1-3(2)4(5)6/h5-6H,1-4H2;7H,1,3-4H2,2H3;1H2,2H3,(H,5,6). The molecule has 0 spiro atoms. The maximum Gasteiger partial charge on any atom is 0.333 e. The van der Waals surface area contributed by atoms with Gasteiger partial charge in [-0.2, -0.15) is 0 Å². The Bertz CT molecular complexity index is 400. The fraction of sp³-hybridized carbons (Fsp3) is 0.625. The summed E-state index contributed by atoms with van der Waals surface area (Å²) in [4.78, 5) is 20.1. The summed E-state index contributed by atoms with van der Waals surface area (Å²) in [6.07, 6.45) is 0.785. The highest BCUT2D eigenvalue weighted by Gasteiger charge is 2.26. The number of aliphatic hydroxyl groups is 1. The van der Waals surface area contributed by atoms with Gasteiger partial charge in [0.25, 0.3) is 0 Å². The average Bonchev–Trinajstić information content (AvgIpc) is 3.40. The predicted molar refractivity (Wildman–Crippen MR) is 85.6 cm³/mol. The topological polar surface area (TPSA) is 118 Å². The molecule has 2 heterocycles. The second-order valence-electron chi connectivity index (χ2n) is 5.17. The fourth-order valence-corrected chi connectivity index (χ4v) is 0.921. The van der Waals surface area contributed by atoms with E-state index in [0.717, 1.165) is 26.4 Å². The van der Waals surface area contributed by atoms with Gasteiger partial charge in [-0.25, -0.2) is 9.59 Å². The summed E-state index contributed by atoms with van der Waals surface area (Å²) in [5.41, 5.74) is 0.526. The largest absolute Gasteiger partial charge is 0.478 e. The van der Waals surface area contributed by atoms with Crippen molar-refractivity contribution in [2.75, 3.05) is 39.6 Å². The number of aliphatic carboxylic acids is 1. The number of carbonyl (C=O) groups excluding carboxylic acids is 1. The zero-order chi connectivity index (χ0) is 18.5. The van der Waals surface area contributed by atoms with Gasteiger partial charge in [0.1, 0.15) is 18.8 Å². The van der Waals surface area contributed by atoms with Gasteiger partial charge in [0.2, 0.25) is 0 Å². The first-order chi connectivity index (χ1) is 11.3. The van der Waals surface area contributed by atoms with Crippen molar-refractivity contribution in [3.05, 3.63) is 24.3 Å². The maximum absolute atomic E-state index is 10.5. The summed E-state index contributed by atoms with van der Waals surface area (Å²) in [6, 6.07) is 0. The molecule has 0 aromatic heterocycles. The minimum absolute atomic E-state index is 0.0473. The smallest absolute Gasteiger partial charge is 0.333 e. The zero-order valence-electron chi connectivity index (χ0n) is 14.2. The van der Waals surface area contributed by atoms with Crippen molar-refractivity contribution >= 4 is 11.9 Å². The lowest BCUT2D eigenvalue weighted by molar-refractivity contribution is -0.140. The summed E-state index contributed by atoms with van der Waals surface area (Å²) in [7, 11) is 0. The molecule has 2 unspecified atom stereocenters. The number of hydrogen-bond donors (Lipinski definition) is 2. The third kappa shape index (κ3) is 15.2. The summed E-state index contributed by atoms with van der Waals surface area (Å²) in [6.45, 7) is 12.7. The van der Waals surface area contributed by atoms with E-state index in [1.54, 1.807) is 6.92 Å². The minimum atomic E-state index is -0.935. The maximum atomic E-state index is 10.5. The van der Waals surface area contributed by atoms with Crippen molar-refractivity contribution < 1.29 is 38.7 Å². The molecule has 24 heavy (non-hydrogen) atoms. The molecule has 0 aliphatic carbocycles. The van der Waals surface area contributed by atoms with Crippen LogP contribution in [0.1, 0.15) is 13.8 Å². The Morgan fingerprint density at radius 3 is 1.75 bits per heavy atom. The van der Waals surface area contributed by atoms with E-state index in [2.05, 4.69) is 17.9 Å². The number of aliphatic hydroxyl groups excluding tert-OH is 1. The third-order valence-corrected chi connectivity index (χ3v) is 2.45. The summed E-state index contributed by atoms with van der Waals surface area (Å²) in [5, 5.41) is 16.1. The van der Waals surface area contributed by atoms with Crippen LogP contribution in [0.25, 0.3) is 0 Å². The van der Waals surface area contributed by atoms with Crippen LogP contribution in [0.3, 0.4) is 0 Å². The lowest BCUT2D eigenvalue weighted by Gasteiger charge is -1.99. The van der Waals surface area contributed by atoms with Gasteiger partial charge in [0.05, 0.1) is 33.0 Å². The number of epoxide rings is 2. The second-order valence-corrected chi connectivity index (χ2v) is 5.17. The van der Waals surface area contributed by atoms with E-state index in [4.69, 9.17) is 24.4 Å². The molecule has 138 valence electrons. The van der Waals surface area contributed by atoms with Crippen molar-refractivity contribution in [1.82, 2.24) is 0 Å². The van der Waals surface area contributed by atoms with Gasteiger partial charge in [-0.15, -0.1) is 0 Å². The molecule has 2 aliphatic heterocycles. The van der Waals surface area contributed by atoms with E-state index >= 15 is 0 Å². The van der Waals surface area contributed by atoms with Crippen LogP contribution in [-0.4, -0.2) is 74.0 Å². The Balaban J connectivity index is 0.000000340. The van der Waals surface area contributed by atoms with E-state index in [-0.39, 0.29) is 18.8 Å². The molecule has 2 saturated heterocycles. The fourth-order valence-electron chi connectivity index (χ4n) is 0.921. The van der Waals surface area contributed by atoms with Gasteiger partial charge in [-0.1, -0.05) is 13.2 Å². The number of carboxylic acids is 1. The van der Waals surface area contributed by atoms with Crippen LogP contribution in [0.4, 0.5) is 0 Å². The molecule has 0 saturated carbocycles. The van der Waals surface area contributed by atoms with Gasteiger partial charge < -0.3 is 29.2 Å². The number of ether oxygens (including phenoxy) is 4. The lowest BCUT2D eigenvalue weighted by Crippen LogP contribution is -2.08. The normalized spacial score (nSPS) is 19.6. The molecule has 8 heteroatoms. The van der Waals surface area contributed by atoms with E-state index < -0.39 is 11.9 Å². The van der Waals surface area contributed by atoms with Gasteiger partial charge in [0, 0.05) is 11.1 Å². The molecule has 0 bridgehead atoms. The van der Waals surface area contributed by atoms with Crippen LogP contribution in [0.15, 0.2) is 24.3 Å². The summed E-state index contributed by atoms with van der Waals surface area (Å²) < 4.78 is 19.6. The lowest BCUT2D eigenvalue weighted by atomic mass is 10.4. The van der Waals surface area contributed by atoms with Crippen molar-refractivity contribution in [1.29, 1.82) is 0 Å². The van der Waals surface area contributed by atoms with E-state index in [1.807, 2.05) is 0 Å². The monoisotopic (exact) mass is 346 g/mol. The van der Waals surface area contributed by atoms with Gasteiger partial charge >= 0.3 is 11.9 Å². The molecule has 2 aliphatic rings. The van der Waals surface area contributed by atoms with Crippen molar-refractivity contribution in [3.8, 4) is 0 Å². The number of rotatable bonds is 8. The molecule has 8 nitrogen and oxygen atoms in total. The SMILES string of the molecule is C(OCC1CO1)C1CO1.C=C(C)C(=O)O.C=C(C)C(=O)OCCO.